The Labute approximate surface area is 266 Å². The summed E-state index contributed by atoms with van der Waals surface area (Å²) < 4.78 is 5.24. The van der Waals surface area contributed by atoms with Crippen molar-refractivity contribution in [3.05, 3.63) is 89.0 Å². The van der Waals surface area contributed by atoms with Crippen LogP contribution in [0.3, 0.4) is 0 Å². The molecule has 2 aliphatic heterocycles. The van der Waals surface area contributed by atoms with Gasteiger partial charge >= 0.3 is 0 Å². The Morgan fingerprint density at radius 3 is 2.09 bits per heavy atom. The van der Waals surface area contributed by atoms with Gasteiger partial charge in [0.05, 0.1) is 24.9 Å². The second-order valence-electron chi connectivity index (χ2n) is 12.8. The summed E-state index contributed by atoms with van der Waals surface area (Å²) in [4.78, 5) is 46.1. The maximum atomic E-state index is 13.4. The number of methoxy groups -OCH3 is 1. The van der Waals surface area contributed by atoms with Crippen molar-refractivity contribution in [2.45, 2.75) is 39.0 Å². The van der Waals surface area contributed by atoms with E-state index in [4.69, 9.17) is 4.74 Å². The van der Waals surface area contributed by atoms with Crippen LogP contribution < -0.4 is 20.3 Å². The number of nitrogens with zero attached hydrogens (tertiary/aromatic N) is 3. The molecule has 3 aromatic carbocycles. The summed E-state index contributed by atoms with van der Waals surface area (Å²) in [5.41, 5.74) is 4.77. The van der Waals surface area contributed by atoms with Crippen LogP contribution in [0, 0.1) is 0 Å². The SMILES string of the molecule is COc1ccc(CC(=O)Nc2cc(C(=O)N3CCNCC3)ccc2N2CCCN(C(=O)c3ccc(C(C)(C)C)cc3)CC2)cc1. The Bertz CT molecular complexity index is 1490. The van der Waals surface area contributed by atoms with Gasteiger partial charge < -0.3 is 30.1 Å². The van der Waals surface area contributed by atoms with Gasteiger partial charge in [-0.15, -0.1) is 0 Å². The summed E-state index contributed by atoms with van der Waals surface area (Å²) in [6.45, 7) is 11.8. The molecule has 0 saturated carbocycles. The first-order valence-electron chi connectivity index (χ1n) is 15.8. The highest BCUT2D eigenvalue weighted by Crippen LogP contribution is 2.30. The van der Waals surface area contributed by atoms with Crippen LogP contribution in [0.5, 0.6) is 5.75 Å². The van der Waals surface area contributed by atoms with Crippen LogP contribution in [0.2, 0.25) is 0 Å². The third kappa shape index (κ3) is 8.02. The second-order valence-corrected chi connectivity index (χ2v) is 12.8. The van der Waals surface area contributed by atoms with Crippen molar-refractivity contribution < 1.29 is 19.1 Å². The molecule has 9 nitrogen and oxygen atoms in total. The van der Waals surface area contributed by atoms with E-state index in [9.17, 15) is 14.4 Å². The fourth-order valence-corrected chi connectivity index (χ4v) is 5.88. The molecule has 0 aromatic heterocycles. The number of ether oxygens (including phenoxy) is 1. The lowest BCUT2D eigenvalue weighted by molar-refractivity contribution is -0.115. The molecule has 9 heteroatoms. The minimum atomic E-state index is -0.168. The Kier molecular flexibility index (Phi) is 10.1. The zero-order valence-electron chi connectivity index (χ0n) is 26.9. The predicted octanol–water partition coefficient (Wildman–Crippen LogP) is 4.57. The monoisotopic (exact) mass is 611 g/mol. The normalized spacial score (nSPS) is 15.8. The van der Waals surface area contributed by atoms with E-state index in [1.165, 1.54) is 5.56 Å². The van der Waals surface area contributed by atoms with Gasteiger partial charge in [0, 0.05) is 63.5 Å². The summed E-state index contributed by atoms with van der Waals surface area (Å²) in [6.07, 6.45) is 0.974. The van der Waals surface area contributed by atoms with Crippen molar-refractivity contribution in [1.82, 2.24) is 15.1 Å². The molecule has 2 fully saturated rings. The fraction of sp³-hybridized carbons (Fsp3) is 0.417. The third-order valence-corrected chi connectivity index (χ3v) is 8.57. The van der Waals surface area contributed by atoms with E-state index in [0.717, 1.165) is 43.1 Å². The van der Waals surface area contributed by atoms with Crippen molar-refractivity contribution in [2.24, 2.45) is 0 Å². The number of nitrogens with one attached hydrogen (secondary N) is 2. The lowest BCUT2D eigenvalue weighted by Gasteiger charge is -2.29. The number of rotatable bonds is 7. The minimum Gasteiger partial charge on any atom is -0.497 e. The minimum absolute atomic E-state index is 0.0254. The molecule has 0 bridgehead atoms. The van der Waals surface area contributed by atoms with Crippen LogP contribution in [-0.4, -0.2) is 87.0 Å². The Hall–Kier alpha value is -4.37. The molecular weight excluding hydrogens is 566 g/mol. The van der Waals surface area contributed by atoms with Crippen LogP contribution in [0.15, 0.2) is 66.7 Å². The molecule has 2 saturated heterocycles. The van der Waals surface area contributed by atoms with E-state index in [0.29, 0.717) is 49.5 Å². The highest BCUT2D eigenvalue weighted by molar-refractivity contribution is 6.00. The van der Waals surface area contributed by atoms with E-state index in [2.05, 4.69) is 36.3 Å². The smallest absolute Gasteiger partial charge is 0.254 e. The molecule has 0 spiro atoms. The predicted molar refractivity (Wildman–Crippen MR) is 178 cm³/mol. The molecule has 0 aliphatic carbocycles. The number of piperazine rings is 1. The van der Waals surface area contributed by atoms with Crippen molar-refractivity contribution >= 4 is 29.1 Å². The topological polar surface area (TPSA) is 94.2 Å². The zero-order valence-corrected chi connectivity index (χ0v) is 26.9. The van der Waals surface area contributed by atoms with E-state index >= 15 is 0 Å². The molecule has 0 atom stereocenters. The van der Waals surface area contributed by atoms with Crippen LogP contribution in [-0.2, 0) is 16.6 Å². The Morgan fingerprint density at radius 2 is 1.42 bits per heavy atom. The quantitative estimate of drug-likeness (QED) is 0.407. The number of carbonyl (C=O) groups excluding carboxylic acids is 3. The van der Waals surface area contributed by atoms with Crippen molar-refractivity contribution in [3.8, 4) is 5.75 Å². The molecule has 238 valence electrons. The molecule has 5 rings (SSSR count). The molecule has 2 heterocycles. The van der Waals surface area contributed by atoms with Crippen LogP contribution in [0.4, 0.5) is 11.4 Å². The molecule has 45 heavy (non-hydrogen) atoms. The zero-order chi connectivity index (χ0) is 32.0. The maximum Gasteiger partial charge on any atom is 0.254 e. The molecule has 0 unspecified atom stereocenters. The largest absolute Gasteiger partial charge is 0.497 e. The number of carbonyl (C=O) groups is 3. The van der Waals surface area contributed by atoms with E-state index in [-0.39, 0.29) is 29.6 Å². The Morgan fingerprint density at radius 1 is 0.778 bits per heavy atom. The third-order valence-electron chi connectivity index (χ3n) is 8.57. The van der Waals surface area contributed by atoms with Gasteiger partial charge in [0.25, 0.3) is 11.8 Å². The van der Waals surface area contributed by atoms with E-state index in [1.54, 1.807) is 13.2 Å². The molecule has 3 amide bonds. The van der Waals surface area contributed by atoms with Crippen LogP contribution >= 0.6 is 0 Å². The van der Waals surface area contributed by atoms with Crippen molar-refractivity contribution in [1.29, 1.82) is 0 Å². The molecule has 2 aliphatic rings. The van der Waals surface area contributed by atoms with Gasteiger partial charge in [-0.25, -0.2) is 0 Å². The summed E-state index contributed by atoms with van der Waals surface area (Å²) in [6, 6.07) is 21.0. The van der Waals surface area contributed by atoms with Gasteiger partial charge in [0.2, 0.25) is 5.91 Å². The molecule has 2 N–H and O–H groups in total. The highest BCUT2D eigenvalue weighted by atomic mass is 16.5. The summed E-state index contributed by atoms with van der Waals surface area (Å²) in [5, 5.41) is 6.39. The lowest BCUT2D eigenvalue weighted by atomic mass is 9.86. The number of hydrogen-bond donors (Lipinski definition) is 2. The van der Waals surface area contributed by atoms with Crippen molar-refractivity contribution in [2.75, 3.05) is 69.7 Å². The lowest BCUT2D eigenvalue weighted by Crippen LogP contribution is -2.46. The molecule has 0 radical (unpaired) electrons. The number of hydrogen-bond acceptors (Lipinski definition) is 6. The summed E-state index contributed by atoms with van der Waals surface area (Å²) in [5.74, 6) is 0.552. The first-order valence-corrected chi connectivity index (χ1v) is 15.8. The second kappa shape index (κ2) is 14.2. The maximum absolute atomic E-state index is 13.4. The van der Waals surface area contributed by atoms with Gasteiger partial charge in [-0.2, -0.15) is 0 Å². The van der Waals surface area contributed by atoms with Crippen molar-refractivity contribution in [3.63, 3.8) is 0 Å². The highest BCUT2D eigenvalue weighted by Gasteiger charge is 2.25. The number of benzene rings is 3. The molecular formula is C36H45N5O4. The van der Waals surface area contributed by atoms with E-state index in [1.807, 2.05) is 70.5 Å². The van der Waals surface area contributed by atoms with Gasteiger partial charge in [-0.3, -0.25) is 14.4 Å². The standard InChI is InChI=1S/C36H45N5O4/c1-36(2,3)29-11-8-27(9-12-29)34(43)40-19-5-18-39(22-23-40)32-15-10-28(35(44)41-20-16-37-17-21-41)25-31(32)38-33(42)24-26-6-13-30(45-4)14-7-26/h6-15,25,37H,5,16-24H2,1-4H3,(H,38,42). The fourth-order valence-electron chi connectivity index (χ4n) is 5.88. The number of amides is 3. The van der Waals surface area contributed by atoms with Gasteiger partial charge in [-0.05, 0) is 65.4 Å². The first-order chi connectivity index (χ1) is 21.6. The van der Waals surface area contributed by atoms with Crippen LogP contribution in [0.25, 0.3) is 0 Å². The average molecular weight is 612 g/mol. The van der Waals surface area contributed by atoms with Gasteiger partial charge in [0.15, 0.2) is 0 Å². The number of anilines is 2. The van der Waals surface area contributed by atoms with Gasteiger partial charge in [-0.1, -0.05) is 45.0 Å². The first kappa shape index (κ1) is 32.0. The molecule has 3 aromatic rings. The average Bonchev–Trinajstić information content (AvgIpc) is 3.31. The Balaban J connectivity index is 1.33. The summed E-state index contributed by atoms with van der Waals surface area (Å²) >= 11 is 0. The van der Waals surface area contributed by atoms with Crippen LogP contribution in [0.1, 0.15) is 59.0 Å². The van der Waals surface area contributed by atoms with Gasteiger partial charge in [0.1, 0.15) is 5.75 Å². The summed E-state index contributed by atoms with van der Waals surface area (Å²) in [7, 11) is 1.61. The van der Waals surface area contributed by atoms with E-state index < -0.39 is 0 Å².